The summed E-state index contributed by atoms with van der Waals surface area (Å²) in [6.07, 6.45) is 0.0945. The van der Waals surface area contributed by atoms with Crippen LogP contribution >= 0.6 is 11.6 Å². The van der Waals surface area contributed by atoms with Gasteiger partial charge < -0.3 is 28.7 Å². The topological polar surface area (TPSA) is 90.4 Å². The first kappa shape index (κ1) is 32.0. The van der Waals surface area contributed by atoms with Crippen LogP contribution < -0.4 is 9.80 Å². The Kier molecular flexibility index (Phi) is 8.06. The Labute approximate surface area is 280 Å². The number of aliphatic hydroxyl groups is 1. The Morgan fingerprint density at radius 3 is 2.53 bits per heavy atom. The number of halogens is 2. The normalized spacial score (nSPS) is 26.9. The highest BCUT2D eigenvalue weighted by Gasteiger charge is 2.67. The molecule has 2 fully saturated rings. The monoisotopic (exact) mass is 675 g/mol. The lowest BCUT2D eigenvalue weighted by Crippen LogP contribution is -2.48. The number of carbonyl (C=O) groups excluding carboxylic acids is 3. The van der Waals surface area contributed by atoms with Crippen molar-refractivity contribution < 1.29 is 28.3 Å². The zero-order valence-corrected chi connectivity index (χ0v) is 28.5. The standard InChI is InChI=1S/C36H39ClFN3O5Si/c1-22-34(47(2,3)38)31(18-33(44)40-20-25-9-5-4-8-24(25)16-28(40)21-42)46-36(22)29-17-26(37)11-12-30(29)41(35(36)45)19-23-7-6-10-27(15-23)39-14-13-32(39)43/h4-12,15,17,22,28,31,34,42H,13-14,16,18-21H2,1-3H3/t22-,28-,31+,34-,36+/m0/s1. The molecule has 7 rings (SSSR count). The number of hydrogen-bond donors (Lipinski definition) is 1. The van der Waals surface area contributed by atoms with E-state index < -0.39 is 37.6 Å². The molecule has 4 aliphatic rings. The first-order valence-corrected chi connectivity index (χ1v) is 19.6. The number of β-lactam (4-membered cyclic amide) rings is 1. The van der Waals surface area contributed by atoms with Crippen LogP contribution in [0.4, 0.5) is 15.5 Å². The maximum Gasteiger partial charge on any atom is 0.264 e. The fourth-order valence-electron chi connectivity index (χ4n) is 8.30. The number of amides is 3. The summed E-state index contributed by atoms with van der Waals surface area (Å²) in [5.74, 6) is -1.06. The first-order valence-electron chi connectivity index (χ1n) is 16.3. The van der Waals surface area contributed by atoms with Crippen LogP contribution in [0.1, 0.15) is 42.0 Å². The number of ether oxygens (including phenoxy) is 1. The molecular weight excluding hydrogens is 637 g/mol. The number of anilines is 2. The van der Waals surface area contributed by atoms with Crippen LogP contribution in [-0.2, 0) is 44.2 Å². The zero-order chi connectivity index (χ0) is 33.2. The minimum atomic E-state index is -3.51. The average molecular weight is 676 g/mol. The molecule has 4 aliphatic heterocycles. The lowest BCUT2D eigenvalue weighted by atomic mass is 9.82. The first-order chi connectivity index (χ1) is 22.4. The van der Waals surface area contributed by atoms with E-state index in [1.165, 1.54) is 0 Å². The van der Waals surface area contributed by atoms with Crippen molar-refractivity contribution in [3.05, 3.63) is 94.0 Å². The molecule has 3 amide bonds. The maximum absolute atomic E-state index is 16.4. The van der Waals surface area contributed by atoms with Gasteiger partial charge in [-0.15, -0.1) is 0 Å². The zero-order valence-electron chi connectivity index (χ0n) is 26.8. The van der Waals surface area contributed by atoms with Crippen LogP contribution in [0.3, 0.4) is 0 Å². The predicted octanol–water partition coefficient (Wildman–Crippen LogP) is 5.73. The molecule has 0 aromatic heterocycles. The molecule has 0 unspecified atom stereocenters. The second-order valence-corrected chi connectivity index (χ2v) is 18.1. The molecule has 1 spiro atoms. The molecule has 8 nitrogen and oxygen atoms in total. The van der Waals surface area contributed by atoms with Gasteiger partial charge in [0.15, 0.2) is 5.60 Å². The molecule has 11 heteroatoms. The molecule has 0 saturated carbocycles. The highest BCUT2D eigenvalue weighted by Crippen LogP contribution is 2.60. The van der Waals surface area contributed by atoms with Crippen LogP contribution in [0, 0.1) is 5.92 Å². The highest BCUT2D eigenvalue weighted by molar-refractivity contribution is 6.72. The van der Waals surface area contributed by atoms with Gasteiger partial charge in [-0.05, 0) is 66.5 Å². The van der Waals surface area contributed by atoms with E-state index in [0.717, 1.165) is 22.4 Å². The Morgan fingerprint density at radius 2 is 1.85 bits per heavy atom. The highest BCUT2D eigenvalue weighted by atomic mass is 35.5. The quantitative estimate of drug-likeness (QED) is 0.196. The van der Waals surface area contributed by atoms with Crippen molar-refractivity contribution in [2.45, 2.75) is 75.7 Å². The van der Waals surface area contributed by atoms with Gasteiger partial charge in [0.25, 0.3) is 5.91 Å². The Hall–Kier alpha value is -3.57. The summed E-state index contributed by atoms with van der Waals surface area (Å²) >= 11 is 6.53. The van der Waals surface area contributed by atoms with Crippen LogP contribution in [0.5, 0.6) is 0 Å². The summed E-state index contributed by atoms with van der Waals surface area (Å²) in [6.45, 7) is 6.12. The van der Waals surface area contributed by atoms with Gasteiger partial charge in [0.05, 0.1) is 37.4 Å². The molecular formula is C36H39ClFN3O5Si. The van der Waals surface area contributed by atoms with E-state index in [9.17, 15) is 19.5 Å². The fraction of sp³-hybridized carbons (Fsp3) is 0.417. The molecule has 3 aromatic carbocycles. The van der Waals surface area contributed by atoms with E-state index in [0.29, 0.717) is 42.2 Å². The summed E-state index contributed by atoms with van der Waals surface area (Å²) in [6, 6.07) is 20.3. The van der Waals surface area contributed by atoms with Crippen molar-refractivity contribution in [1.29, 1.82) is 0 Å². The van der Waals surface area contributed by atoms with Crippen molar-refractivity contribution >= 4 is 49.1 Å². The Balaban J connectivity index is 1.22. The fourth-order valence-corrected chi connectivity index (χ4v) is 11.0. The lowest BCUT2D eigenvalue weighted by molar-refractivity contribution is -0.151. The van der Waals surface area contributed by atoms with Crippen LogP contribution in [0.2, 0.25) is 23.7 Å². The third kappa shape index (κ3) is 5.30. The smallest absolute Gasteiger partial charge is 0.264 e. The summed E-state index contributed by atoms with van der Waals surface area (Å²) in [4.78, 5) is 45.9. The van der Waals surface area contributed by atoms with E-state index >= 15 is 4.11 Å². The van der Waals surface area contributed by atoms with Gasteiger partial charge in [0.2, 0.25) is 20.2 Å². The molecule has 0 radical (unpaired) electrons. The Morgan fingerprint density at radius 1 is 1.09 bits per heavy atom. The van der Waals surface area contributed by atoms with Crippen molar-refractivity contribution in [3.8, 4) is 0 Å². The SMILES string of the molecule is C[C@H]1[C@H]([Si](C)(C)F)[C@@H](CC(=O)N2Cc3ccccc3C[C@H]2CO)O[C@]12C(=O)N(Cc1cccc(N3CCC3=O)c1)c1ccc(Cl)cc12. The van der Waals surface area contributed by atoms with E-state index in [1.807, 2.05) is 55.5 Å². The molecule has 4 heterocycles. The van der Waals surface area contributed by atoms with Crippen LogP contribution in [0.15, 0.2) is 66.7 Å². The molecule has 2 saturated heterocycles. The second-order valence-electron chi connectivity index (χ2n) is 13.8. The molecule has 0 bridgehead atoms. The number of nitrogens with zero attached hydrogens (tertiary/aromatic N) is 3. The van der Waals surface area contributed by atoms with Crippen molar-refractivity contribution in [2.75, 3.05) is 23.0 Å². The van der Waals surface area contributed by atoms with Crippen molar-refractivity contribution in [2.24, 2.45) is 5.92 Å². The molecule has 246 valence electrons. The number of rotatable bonds is 7. The molecule has 5 atom stereocenters. The summed E-state index contributed by atoms with van der Waals surface area (Å²) in [7, 11) is -3.51. The third-order valence-electron chi connectivity index (χ3n) is 10.6. The van der Waals surface area contributed by atoms with E-state index in [2.05, 4.69) is 0 Å². The van der Waals surface area contributed by atoms with Gasteiger partial charge in [-0.25, -0.2) is 0 Å². The van der Waals surface area contributed by atoms with Crippen LogP contribution in [0.25, 0.3) is 0 Å². The lowest BCUT2D eigenvalue weighted by Gasteiger charge is -2.37. The average Bonchev–Trinajstić information content (AvgIpc) is 3.45. The largest absolute Gasteiger partial charge is 0.394 e. The third-order valence-corrected chi connectivity index (χ3v) is 13.3. The second kappa shape index (κ2) is 11.8. The number of benzene rings is 3. The van der Waals surface area contributed by atoms with Gasteiger partial charge in [0.1, 0.15) is 0 Å². The number of hydrogen-bond acceptors (Lipinski definition) is 5. The van der Waals surface area contributed by atoms with Gasteiger partial charge in [-0.1, -0.05) is 54.9 Å². The molecule has 1 N–H and O–H groups in total. The van der Waals surface area contributed by atoms with Crippen molar-refractivity contribution in [3.63, 3.8) is 0 Å². The van der Waals surface area contributed by atoms with Gasteiger partial charge in [-0.2, -0.15) is 0 Å². The summed E-state index contributed by atoms with van der Waals surface area (Å²) in [5, 5.41) is 10.7. The number of fused-ring (bicyclic) bond motifs is 3. The maximum atomic E-state index is 16.4. The summed E-state index contributed by atoms with van der Waals surface area (Å²) < 4.78 is 23.2. The minimum absolute atomic E-state index is 0.0650. The van der Waals surface area contributed by atoms with E-state index in [4.69, 9.17) is 16.3 Å². The van der Waals surface area contributed by atoms with E-state index in [1.54, 1.807) is 46.0 Å². The van der Waals surface area contributed by atoms with Gasteiger partial charge in [-0.3, -0.25) is 14.4 Å². The number of carbonyl (C=O) groups is 3. The van der Waals surface area contributed by atoms with Gasteiger partial charge >= 0.3 is 0 Å². The van der Waals surface area contributed by atoms with E-state index in [-0.39, 0.29) is 37.3 Å². The number of aliphatic hydroxyl groups excluding tert-OH is 1. The molecule has 3 aromatic rings. The Bertz CT molecular complexity index is 1770. The minimum Gasteiger partial charge on any atom is -0.394 e. The molecule has 0 aliphatic carbocycles. The predicted molar refractivity (Wildman–Crippen MR) is 180 cm³/mol. The van der Waals surface area contributed by atoms with Crippen LogP contribution in [-0.4, -0.2) is 61.4 Å². The summed E-state index contributed by atoms with van der Waals surface area (Å²) in [5.41, 5.74) is 2.77. The van der Waals surface area contributed by atoms with Crippen molar-refractivity contribution in [1.82, 2.24) is 4.90 Å². The molecule has 47 heavy (non-hydrogen) atoms. The van der Waals surface area contributed by atoms with Gasteiger partial charge in [0, 0.05) is 47.2 Å².